The van der Waals surface area contributed by atoms with E-state index in [1.807, 2.05) is 60.7 Å². The van der Waals surface area contributed by atoms with Gasteiger partial charge in [0.2, 0.25) is 5.88 Å². The van der Waals surface area contributed by atoms with Crippen LogP contribution in [0.5, 0.6) is 5.88 Å². The van der Waals surface area contributed by atoms with Crippen LogP contribution in [0.1, 0.15) is 20.8 Å². The molecule has 4 rings (SSSR count). The number of aromatic nitrogens is 1. The number of hydrogen-bond donors (Lipinski definition) is 2. The average Bonchev–Trinajstić information content (AvgIpc) is 2.97. The number of rotatable bonds is 3. The molecule has 0 fully saturated rings. The number of allylic oxidation sites excluding steroid dienone is 2. The average molecular weight is 346 g/mol. The number of carbonyl (C=O) groups excluding carboxylic acids is 1. The van der Waals surface area contributed by atoms with Gasteiger partial charge in [-0.1, -0.05) is 66.0 Å². The number of Topliss-reactive ketones (excluding diaryl/α,β-unsaturated/α-hetero) is 1. The van der Waals surface area contributed by atoms with Crippen molar-refractivity contribution in [2.45, 2.75) is 0 Å². The lowest BCUT2D eigenvalue weighted by atomic mass is 9.92. The minimum absolute atomic E-state index is 0.0523. The van der Waals surface area contributed by atoms with Crippen molar-refractivity contribution in [2.24, 2.45) is 0 Å². The fourth-order valence-electron chi connectivity index (χ4n) is 2.63. The van der Waals surface area contributed by atoms with Crippen molar-refractivity contribution >= 4 is 40.1 Å². The van der Waals surface area contributed by atoms with Crippen molar-refractivity contribution in [1.82, 2.24) is 4.98 Å². The first-order valence-corrected chi connectivity index (χ1v) is 8.58. The smallest absolute Gasteiger partial charge is 0.231 e. The topological polar surface area (TPSA) is 62.2 Å². The lowest BCUT2D eigenvalue weighted by Gasteiger charge is -2.11. The molecule has 0 atom stereocenters. The zero-order chi connectivity index (χ0) is 17.2. The number of para-hydroxylation sites is 1. The molecule has 25 heavy (non-hydrogen) atoms. The highest BCUT2D eigenvalue weighted by Crippen LogP contribution is 2.33. The van der Waals surface area contributed by atoms with Crippen LogP contribution in [0.4, 0.5) is 10.8 Å². The molecule has 122 valence electrons. The fraction of sp³-hybridized carbons (Fsp3) is 0. The predicted molar refractivity (Wildman–Crippen MR) is 101 cm³/mol. The molecule has 0 amide bonds. The van der Waals surface area contributed by atoms with Gasteiger partial charge in [-0.15, -0.1) is 0 Å². The van der Waals surface area contributed by atoms with Gasteiger partial charge in [0.05, 0.1) is 4.88 Å². The molecule has 0 aliphatic heterocycles. The summed E-state index contributed by atoms with van der Waals surface area (Å²) in [5.74, 6) is -0.139. The van der Waals surface area contributed by atoms with Gasteiger partial charge in [-0.2, -0.15) is 4.98 Å². The lowest BCUT2D eigenvalue weighted by Crippen LogP contribution is -2.07. The third-order valence-corrected chi connectivity index (χ3v) is 4.76. The molecule has 0 spiro atoms. The highest BCUT2D eigenvalue weighted by atomic mass is 32.1. The number of thiazole rings is 1. The predicted octanol–water partition coefficient (Wildman–Crippen LogP) is 4.89. The molecule has 0 saturated carbocycles. The first-order chi connectivity index (χ1) is 12.2. The van der Waals surface area contributed by atoms with Crippen LogP contribution in [0.2, 0.25) is 0 Å². The Balaban J connectivity index is 1.63. The number of nitrogens with zero attached hydrogens (tertiary/aromatic N) is 1. The van der Waals surface area contributed by atoms with Crippen molar-refractivity contribution in [3.8, 4) is 5.88 Å². The second-order valence-corrected chi connectivity index (χ2v) is 6.58. The Labute approximate surface area is 148 Å². The summed E-state index contributed by atoms with van der Waals surface area (Å²) in [5, 5.41) is 13.8. The van der Waals surface area contributed by atoms with Crippen LogP contribution in [-0.4, -0.2) is 15.9 Å². The number of carbonyl (C=O) groups is 1. The van der Waals surface area contributed by atoms with Gasteiger partial charge >= 0.3 is 0 Å². The highest BCUT2D eigenvalue weighted by molar-refractivity contribution is 7.16. The molecular formula is C20H14N2O2S. The third kappa shape index (κ3) is 3.09. The zero-order valence-electron chi connectivity index (χ0n) is 13.1. The molecule has 5 heteroatoms. The summed E-state index contributed by atoms with van der Waals surface area (Å²) in [5.41, 5.74) is 2.99. The number of fused-ring (bicyclic) bond motifs is 1. The Morgan fingerprint density at radius 1 is 1.00 bits per heavy atom. The van der Waals surface area contributed by atoms with Crippen LogP contribution in [0.25, 0.3) is 12.2 Å². The molecule has 0 bridgehead atoms. The van der Waals surface area contributed by atoms with Gasteiger partial charge in [0.15, 0.2) is 10.9 Å². The first-order valence-electron chi connectivity index (χ1n) is 7.76. The summed E-state index contributed by atoms with van der Waals surface area (Å²) in [7, 11) is 0. The SMILES string of the molecule is O=C1C(=Cc2sc(Nc3ccccc3)nc2O)C=Cc2ccccc21. The Kier molecular flexibility index (Phi) is 3.91. The minimum Gasteiger partial charge on any atom is -0.492 e. The maximum Gasteiger partial charge on any atom is 0.231 e. The molecule has 3 aromatic rings. The third-order valence-electron chi connectivity index (χ3n) is 3.86. The molecule has 1 heterocycles. The molecule has 2 N–H and O–H groups in total. The lowest BCUT2D eigenvalue weighted by molar-refractivity contribution is 0.103. The number of aromatic hydroxyl groups is 1. The van der Waals surface area contributed by atoms with Crippen LogP contribution in [0.3, 0.4) is 0 Å². The number of anilines is 2. The van der Waals surface area contributed by atoms with Gasteiger partial charge in [0, 0.05) is 16.8 Å². The highest BCUT2D eigenvalue weighted by Gasteiger charge is 2.18. The number of benzene rings is 2. The van der Waals surface area contributed by atoms with E-state index in [1.54, 1.807) is 12.2 Å². The van der Waals surface area contributed by atoms with E-state index in [1.165, 1.54) is 11.3 Å². The number of hydrogen-bond acceptors (Lipinski definition) is 5. The van der Waals surface area contributed by atoms with Crippen molar-refractivity contribution in [3.05, 3.63) is 82.3 Å². The van der Waals surface area contributed by atoms with Crippen LogP contribution < -0.4 is 5.32 Å². The molecule has 0 unspecified atom stereocenters. The monoisotopic (exact) mass is 346 g/mol. The molecule has 4 nitrogen and oxygen atoms in total. The molecule has 0 saturated heterocycles. The van der Waals surface area contributed by atoms with Crippen LogP contribution in [0, 0.1) is 0 Å². The van der Waals surface area contributed by atoms with Gasteiger partial charge in [-0.05, 0) is 23.8 Å². The molecule has 2 aromatic carbocycles. The van der Waals surface area contributed by atoms with Gasteiger partial charge in [-0.25, -0.2) is 0 Å². The summed E-state index contributed by atoms with van der Waals surface area (Å²) in [6, 6.07) is 17.1. The van der Waals surface area contributed by atoms with E-state index in [0.29, 0.717) is 21.1 Å². The first kappa shape index (κ1) is 15.4. The van der Waals surface area contributed by atoms with E-state index < -0.39 is 0 Å². The summed E-state index contributed by atoms with van der Waals surface area (Å²) in [6.07, 6.45) is 5.36. The molecule has 0 radical (unpaired) electrons. The van der Waals surface area contributed by atoms with Crippen molar-refractivity contribution < 1.29 is 9.90 Å². The van der Waals surface area contributed by atoms with Crippen molar-refractivity contribution in [2.75, 3.05) is 5.32 Å². The summed E-state index contributed by atoms with van der Waals surface area (Å²) >= 11 is 1.30. The van der Waals surface area contributed by atoms with E-state index in [9.17, 15) is 9.90 Å². The Morgan fingerprint density at radius 3 is 2.60 bits per heavy atom. The van der Waals surface area contributed by atoms with Crippen LogP contribution >= 0.6 is 11.3 Å². The molecule has 1 aromatic heterocycles. The summed E-state index contributed by atoms with van der Waals surface area (Å²) < 4.78 is 0. The number of nitrogens with one attached hydrogen (secondary N) is 1. The normalized spacial score (nSPS) is 14.6. The summed E-state index contributed by atoms with van der Waals surface area (Å²) in [6.45, 7) is 0. The van der Waals surface area contributed by atoms with E-state index >= 15 is 0 Å². The van der Waals surface area contributed by atoms with Gasteiger partial charge in [0.25, 0.3) is 0 Å². The van der Waals surface area contributed by atoms with E-state index in [0.717, 1.165) is 11.3 Å². The second-order valence-electron chi connectivity index (χ2n) is 5.55. The maximum absolute atomic E-state index is 12.6. The minimum atomic E-state index is -0.0870. The summed E-state index contributed by atoms with van der Waals surface area (Å²) in [4.78, 5) is 17.3. The van der Waals surface area contributed by atoms with E-state index in [-0.39, 0.29) is 11.7 Å². The standard InChI is InChI=1S/C20H14N2O2S/c23-18-14(11-10-13-6-4-5-9-16(13)18)12-17-19(24)22-20(25-17)21-15-7-2-1-3-8-15/h1-12,24H,(H,21,22). The molecule has 1 aliphatic rings. The van der Waals surface area contributed by atoms with Crippen LogP contribution in [-0.2, 0) is 0 Å². The van der Waals surface area contributed by atoms with Crippen molar-refractivity contribution in [3.63, 3.8) is 0 Å². The number of ketones is 1. The Bertz CT molecular complexity index is 1000. The molecular weight excluding hydrogens is 332 g/mol. The van der Waals surface area contributed by atoms with Gasteiger partial charge in [0.1, 0.15) is 0 Å². The van der Waals surface area contributed by atoms with E-state index in [4.69, 9.17) is 0 Å². The van der Waals surface area contributed by atoms with E-state index in [2.05, 4.69) is 10.3 Å². The zero-order valence-corrected chi connectivity index (χ0v) is 14.0. The van der Waals surface area contributed by atoms with Crippen molar-refractivity contribution in [1.29, 1.82) is 0 Å². The largest absolute Gasteiger partial charge is 0.492 e. The van der Waals surface area contributed by atoms with Crippen LogP contribution in [0.15, 0.2) is 66.2 Å². The second kappa shape index (κ2) is 6.37. The van der Waals surface area contributed by atoms with Gasteiger partial charge < -0.3 is 10.4 Å². The quantitative estimate of drug-likeness (QED) is 0.663. The Morgan fingerprint density at radius 2 is 1.76 bits per heavy atom. The molecule has 1 aliphatic carbocycles. The fourth-order valence-corrected chi connectivity index (χ4v) is 3.46. The maximum atomic E-state index is 12.6. The Hall–Kier alpha value is -3.18. The van der Waals surface area contributed by atoms with Gasteiger partial charge in [-0.3, -0.25) is 4.79 Å².